The molecule has 0 fully saturated rings. The lowest BCUT2D eigenvalue weighted by molar-refractivity contribution is 0.478. The van der Waals surface area contributed by atoms with Gasteiger partial charge in [-0.3, -0.25) is 0 Å². The molecule has 0 bridgehead atoms. The zero-order valence-electron chi connectivity index (χ0n) is 14.4. The summed E-state index contributed by atoms with van der Waals surface area (Å²) in [4.78, 5) is 13.0. The van der Waals surface area contributed by atoms with Crippen LogP contribution >= 0.6 is 23.2 Å². The normalized spacial score (nSPS) is 19.1. The van der Waals surface area contributed by atoms with E-state index in [1.54, 1.807) is 6.20 Å². The highest BCUT2D eigenvalue weighted by molar-refractivity contribution is 6.42. The predicted molar refractivity (Wildman–Crippen MR) is 108 cm³/mol. The van der Waals surface area contributed by atoms with Crippen molar-refractivity contribution in [1.82, 2.24) is 19.7 Å². The summed E-state index contributed by atoms with van der Waals surface area (Å²) in [6.45, 7) is 2.03. The molecule has 2 aromatic heterocycles. The molecule has 0 radical (unpaired) electrons. The largest absolute Gasteiger partial charge is 0.341 e. The monoisotopic (exact) mass is 395 g/mol. The molecule has 2 unspecified atom stereocenters. The van der Waals surface area contributed by atoms with Gasteiger partial charge in [0.2, 0.25) is 0 Å². The summed E-state index contributed by atoms with van der Waals surface area (Å²) >= 11 is 12.5. The second-order valence-corrected chi connectivity index (χ2v) is 7.44. The molecule has 7 heteroatoms. The van der Waals surface area contributed by atoms with Crippen LogP contribution in [0.4, 0.5) is 5.82 Å². The van der Waals surface area contributed by atoms with Crippen molar-refractivity contribution >= 4 is 45.8 Å². The summed E-state index contributed by atoms with van der Waals surface area (Å²) < 4.78 is 1.92. The molecule has 0 amide bonds. The number of imidazole rings is 1. The molecule has 0 aliphatic carbocycles. The summed E-state index contributed by atoms with van der Waals surface area (Å²) in [6, 6.07) is 15.5. The van der Waals surface area contributed by atoms with Crippen molar-refractivity contribution < 1.29 is 0 Å². The zero-order valence-corrected chi connectivity index (χ0v) is 15.9. The number of aromatic amines is 1. The average molecular weight is 396 g/mol. The molecular formula is C20H15Cl2N5. The van der Waals surface area contributed by atoms with Gasteiger partial charge >= 0.3 is 0 Å². The Bertz CT molecular complexity index is 1160. The van der Waals surface area contributed by atoms with Crippen LogP contribution < -0.4 is 0 Å². The zero-order chi connectivity index (χ0) is 18.5. The van der Waals surface area contributed by atoms with Crippen LogP contribution in [0.3, 0.4) is 0 Å². The van der Waals surface area contributed by atoms with Crippen LogP contribution in [0.25, 0.3) is 11.0 Å². The van der Waals surface area contributed by atoms with Crippen LogP contribution in [-0.2, 0) is 0 Å². The first-order valence-corrected chi connectivity index (χ1v) is 9.36. The van der Waals surface area contributed by atoms with Crippen LogP contribution in [0.1, 0.15) is 30.3 Å². The Morgan fingerprint density at radius 2 is 1.89 bits per heavy atom. The number of nitrogens with one attached hydrogen (secondary N) is 1. The summed E-state index contributed by atoms with van der Waals surface area (Å²) in [5, 5.41) is 5.57. The Kier molecular flexibility index (Phi) is 3.81. The highest BCUT2D eigenvalue weighted by Gasteiger charge is 2.36. The highest BCUT2D eigenvalue weighted by Crippen LogP contribution is 2.42. The molecule has 134 valence electrons. The minimum Gasteiger partial charge on any atom is -0.341 e. The van der Waals surface area contributed by atoms with Crippen molar-refractivity contribution in [2.24, 2.45) is 4.99 Å². The number of hydrogen-bond acceptors (Lipinski definition) is 3. The molecule has 5 rings (SSSR count). The Labute approximate surface area is 165 Å². The van der Waals surface area contributed by atoms with Crippen molar-refractivity contribution in [3.63, 3.8) is 0 Å². The molecular weight excluding hydrogens is 381 g/mol. The van der Waals surface area contributed by atoms with E-state index >= 15 is 0 Å². The van der Waals surface area contributed by atoms with E-state index in [9.17, 15) is 0 Å². The lowest BCUT2D eigenvalue weighted by atomic mass is 9.87. The van der Waals surface area contributed by atoms with Crippen molar-refractivity contribution in [2.75, 3.05) is 0 Å². The molecule has 3 heterocycles. The van der Waals surface area contributed by atoms with E-state index in [0.29, 0.717) is 10.0 Å². The first-order chi connectivity index (χ1) is 13.1. The van der Waals surface area contributed by atoms with Crippen LogP contribution in [0.2, 0.25) is 10.0 Å². The second kappa shape index (κ2) is 6.22. The van der Waals surface area contributed by atoms with Crippen LogP contribution in [0.5, 0.6) is 0 Å². The van der Waals surface area contributed by atoms with Crippen molar-refractivity contribution in [3.05, 3.63) is 76.2 Å². The number of fused-ring (bicyclic) bond motifs is 2. The number of aliphatic imine (C=N–C) groups is 1. The number of rotatable bonds is 2. The van der Waals surface area contributed by atoms with Gasteiger partial charge in [-0.05, 0) is 36.8 Å². The number of H-pyrrole nitrogens is 1. The van der Waals surface area contributed by atoms with E-state index < -0.39 is 0 Å². The maximum Gasteiger partial charge on any atom is 0.150 e. The van der Waals surface area contributed by atoms with Crippen molar-refractivity contribution in [1.29, 1.82) is 0 Å². The van der Waals surface area contributed by atoms with E-state index in [4.69, 9.17) is 33.2 Å². The minimum atomic E-state index is -0.122. The molecule has 0 saturated carbocycles. The number of aromatic nitrogens is 4. The van der Waals surface area contributed by atoms with E-state index in [2.05, 4.69) is 10.1 Å². The third-order valence-corrected chi connectivity index (χ3v) is 5.70. The average Bonchev–Trinajstić information content (AvgIpc) is 3.28. The van der Waals surface area contributed by atoms with E-state index in [1.165, 1.54) is 0 Å². The Hall–Kier alpha value is -2.63. The molecule has 1 aliphatic heterocycles. The second-order valence-electron chi connectivity index (χ2n) is 6.62. The summed E-state index contributed by atoms with van der Waals surface area (Å²) in [5.74, 6) is 1.58. The molecule has 0 saturated heterocycles. The summed E-state index contributed by atoms with van der Waals surface area (Å²) in [7, 11) is 0. The van der Waals surface area contributed by atoms with Gasteiger partial charge in [0.05, 0.1) is 39.2 Å². The third-order valence-electron chi connectivity index (χ3n) is 4.96. The summed E-state index contributed by atoms with van der Waals surface area (Å²) in [5.41, 5.74) is 3.91. The van der Waals surface area contributed by atoms with Gasteiger partial charge in [0, 0.05) is 11.8 Å². The minimum absolute atomic E-state index is 0.0953. The van der Waals surface area contributed by atoms with E-state index in [0.717, 1.165) is 34.0 Å². The number of halogens is 2. The molecule has 5 nitrogen and oxygen atoms in total. The van der Waals surface area contributed by atoms with Gasteiger partial charge in [0.1, 0.15) is 5.82 Å². The lowest BCUT2D eigenvalue weighted by Crippen LogP contribution is -2.29. The van der Waals surface area contributed by atoms with Gasteiger partial charge in [0.15, 0.2) is 5.82 Å². The number of nitrogens with zero attached hydrogens (tertiary/aromatic N) is 4. The topological polar surface area (TPSA) is 58.9 Å². The van der Waals surface area contributed by atoms with Gasteiger partial charge < -0.3 is 4.98 Å². The Morgan fingerprint density at radius 3 is 2.70 bits per heavy atom. The Morgan fingerprint density at radius 1 is 1.04 bits per heavy atom. The summed E-state index contributed by atoms with van der Waals surface area (Å²) in [6.07, 6.45) is 1.76. The number of para-hydroxylation sites is 2. The highest BCUT2D eigenvalue weighted by atomic mass is 35.5. The molecule has 1 aliphatic rings. The fraction of sp³-hybridized carbons (Fsp3) is 0.150. The van der Waals surface area contributed by atoms with Crippen molar-refractivity contribution in [2.45, 2.75) is 18.9 Å². The van der Waals surface area contributed by atoms with Gasteiger partial charge in [-0.1, -0.05) is 41.4 Å². The molecule has 2 atom stereocenters. The first kappa shape index (κ1) is 16.5. The standard InChI is InChI=1S/C20H15Cl2N5/c1-11-18(20-25-15-4-2-3-5-16(15)26-20)19(27-17(24-11)8-9-23-27)12-6-7-13(21)14(22)10-12/h2-10,18-19H,1H3,(H,25,26). The maximum atomic E-state index is 6.31. The van der Waals surface area contributed by atoms with Crippen LogP contribution in [0.15, 0.2) is 59.7 Å². The van der Waals surface area contributed by atoms with Gasteiger partial charge in [-0.25, -0.2) is 14.7 Å². The lowest BCUT2D eigenvalue weighted by Gasteiger charge is -2.31. The van der Waals surface area contributed by atoms with Gasteiger partial charge in [-0.2, -0.15) is 5.10 Å². The third kappa shape index (κ3) is 2.66. The first-order valence-electron chi connectivity index (χ1n) is 8.60. The molecule has 27 heavy (non-hydrogen) atoms. The molecule has 2 aromatic carbocycles. The number of hydrogen-bond donors (Lipinski definition) is 1. The van der Waals surface area contributed by atoms with E-state index in [-0.39, 0.29) is 12.0 Å². The fourth-order valence-corrected chi connectivity index (χ4v) is 4.03. The molecule has 0 spiro atoms. The van der Waals surface area contributed by atoms with Crippen molar-refractivity contribution in [3.8, 4) is 0 Å². The number of benzene rings is 2. The van der Waals surface area contributed by atoms with Crippen LogP contribution in [-0.4, -0.2) is 25.5 Å². The smallest absolute Gasteiger partial charge is 0.150 e. The van der Waals surface area contributed by atoms with Gasteiger partial charge in [-0.15, -0.1) is 0 Å². The maximum absolute atomic E-state index is 6.31. The molecule has 4 aromatic rings. The SMILES string of the molecule is CC1=Nc2ccnn2C(c2ccc(Cl)c(Cl)c2)C1c1nc2ccccc2[nH]1. The van der Waals surface area contributed by atoms with Gasteiger partial charge in [0.25, 0.3) is 0 Å². The van der Waals surface area contributed by atoms with E-state index in [1.807, 2.05) is 60.1 Å². The Balaban J connectivity index is 1.72. The predicted octanol–water partition coefficient (Wildman–Crippen LogP) is 5.55. The fourth-order valence-electron chi connectivity index (χ4n) is 3.73. The molecule has 1 N–H and O–H groups in total. The van der Waals surface area contributed by atoms with Crippen LogP contribution in [0, 0.1) is 0 Å². The quantitative estimate of drug-likeness (QED) is 0.483.